The lowest BCUT2D eigenvalue weighted by Gasteiger charge is -2.14. The monoisotopic (exact) mass is 569 g/mol. The number of pyridine rings is 1. The molecule has 0 aliphatic rings. The van der Waals surface area contributed by atoms with Crippen molar-refractivity contribution in [2.24, 2.45) is 0 Å². The van der Waals surface area contributed by atoms with Crippen LogP contribution >= 0.6 is 19.3 Å². The van der Waals surface area contributed by atoms with Crippen LogP contribution in [0.4, 0.5) is 5.69 Å². The van der Waals surface area contributed by atoms with E-state index < -0.39 is 18.4 Å². The molecule has 0 aliphatic heterocycles. The standard InChI is InChI=1S/C19H18ClNO5P.C7H4N2O3/c1-23-16-5-9-18(10-6-16)25-27(22,21-13-3-4-15(20)14-21)26-19-11-7-17(24-2)8-12-19;8-4-5-3-6(10)1-2-7(5)9(11)12/h3-14H,1-2H3;1-3,10H/q+1;/p-1. The Morgan fingerprint density at radius 2 is 1.41 bits per heavy atom. The highest BCUT2D eigenvalue weighted by atomic mass is 35.5. The normalized spacial score (nSPS) is 10.3. The summed E-state index contributed by atoms with van der Waals surface area (Å²) in [5.41, 5.74) is -0.537. The Labute approximate surface area is 228 Å². The molecule has 4 rings (SSSR count). The van der Waals surface area contributed by atoms with Gasteiger partial charge in [-0.25, -0.2) is 0 Å². The number of nitro groups is 1. The van der Waals surface area contributed by atoms with E-state index in [1.807, 2.05) is 0 Å². The predicted molar refractivity (Wildman–Crippen MR) is 139 cm³/mol. The molecule has 3 aromatic carbocycles. The minimum atomic E-state index is -3.84. The number of nitro benzene ring substituents is 1. The lowest BCUT2D eigenvalue weighted by Crippen LogP contribution is -2.35. The zero-order chi connectivity index (χ0) is 28.4. The second-order valence-corrected chi connectivity index (χ2v) is 9.65. The number of hydrogen-bond donors (Lipinski definition) is 0. The summed E-state index contributed by atoms with van der Waals surface area (Å²) >= 11 is 6.05. The number of rotatable bonds is 8. The zero-order valence-corrected chi connectivity index (χ0v) is 22.2. The van der Waals surface area contributed by atoms with Crippen molar-refractivity contribution in [1.82, 2.24) is 0 Å². The third kappa shape index (κ3) is 7.85. The molecule has 1 aromatic heterocycles. The van der Waals surface area contributed by atoms with E-state index in [-0.39, 0.29) is 11.3 Å². The molecular formula is C26H21ClN3O8P. The van der Waals surface area contributed by atoms with Crippen LogP contribution in [-0.2, 0) is 4.57 Å². The maximum atomic E-state index is 13.6. The molecule has 11 nitrogen and oxygen atoms in total. The number of methoxy groups -OCH3 is 2. The van der Waals surface area contributed by atoms with Crippen LogP contribution in [-0.4, -0.2) is 19.1 Å². The van der Waals surface area contributed by atoms with Crippen molar-refractivity contribution in [3.8, 4) is 34.8 Å². The molecule has 0 amide bonds. The maximum absolute atomic E-state index is 13.6. The summed E-state index contributed by atoms with van der Waals surface area (Å²) in [7, 11) is -0.709. The molecule has 39 heavy (non-hydrogen) atoms. The smallest absolute Gasteiger partial charge is 0.728 e. The molecule has 0 aliphatic carbocycles. The van der Waals surface area contributed by atoms with E-state index in [0.29, 0.717) is 28.0 Å². The molecular weight excluding hydrogens is 549 g/mol. The van der Waals surface area contributed by atoms with Gasteiger partial charge < -0.3 is 23.6 Å². The summed E-state index contributed by atoms with van der Waals surface area (Å²) in [5.74, 6) is 1.63. The highest BCUT2D eigenvalue weighted by Crippen LogP contribution is 2.44. The molecule has 200 valence electrons. The molecule has 0 bridgehead atoms. The van der Waals surface area contributed by atoms with Gasteiger partial charge in [0, 0.05) is 12.1 Å². The second kappa shape index (κ2) is 13.1. The van der Waals surface area contributed by atoms with Gasteiger partial charge in [0.15, 0.2) is 12.4 Å². The lowest BCUT2D eigenvalue weighted by molar-refractivity contribution is -0.536. The Balaban J connectivity index is 0.000000293. The molecule has 1 heterocycles. The largest absolute Gasteiger partial charge is 0.872 e. The van der Waals surface area contributed by atoms with Crippen LogP contribution in [0.25, 0.3) is 0 Å². The van der Waals surface area contributed by atoms with Gasteiger partial charge in [0.2, 0.25) is 0 Å². The summed E-state index contributed by atoms with van der Waals surface area (Å²) < 4.78 is 36.7. The number of ether oxygens (including phenoxy) is 2. The first-order chi connectivity index (χ1) is 18.7. The van der Waals surface area contributed by atoms with Crippen molar-refractivity contribution in [2.75, 3.05) is 14.2 Å². The third-order valence-corrected chi connectivity index (χ3v) is 6.80. The van der Waals surface area contributed by atoms with E-state index in [1.165, 1.54) is 10.5 Å². The van der Waals surface area contributed by atoms with E-state index in [0.717, 1.165) is 18.2 Å². The summed E-state index contributed by atoms with van der Waals surface area (Å²) in [6, 6.07) is 21.3. The molecule has 0 atom stereocenters. The molecule has 0 unspecified atom stereocenters. The maximum Gasteiger partial charge on any atom is 0.728 e. The molecule has 13 heteroatoms. The molecule has 0 saturated carbocycles. The first-order valence-corrected chi connectivity index (χ1v) is 12.9. The number of halogens is 1. The molecule has 0 spiro atoms. The van der Waals surface area contributed by atoms with Crippen LogP contribution in [0.2, 0.25) is 5.02 Å². The van der Waals surface area contributed by atoms with Crippen LogP contribution in [0.5, 0.6) is 28.7 Å². The number of hydrogen-bond acceptors (Lipinski definition) is 9. The first kappa shape index (κ1) is 28.8. The van der Waals surface area contributed by atoms with Crippen molar-refractivity contribution < 1.29 is 37.5 Å². The fraction of sp³-hybridized carbons (Fsp3) is 0.0769. The Kier molecular flexibility index (Phi) is 9.70. The molecule has 0 fully saturated rings. The van der Waals surface area contributed by atoms with Crippen LogP contribution < -0.4 is 28.0 Å². The summed E-state index contributed by atoms with van der Waals surface area (Å²) in [6.07, 6.45) is 3.05. The van der Waals surface area contributed by atoms with Crippen molar-refractivity contribution in [1.29, 1.82) is 5.26 Å². The van der Waals surface area contributed by atoms with E-state index in [1.54, 1.807) is 87.1 Å². The van der Waals surface area contributed by atoms with Gasteiger partial charge in [-0.2, -0.15) is 9.83 Å². The Bertz CT molecular complexity index is 1470. The van der Waals surface area contributed by atoms with Gasteiger partial charge >= 0.3 is 7.75 Å². The van der Waals surface area contributed by atoms with Crippen molar-refractivity contribution in [2.45, 2.75) is 0 Å². The van der Waals surface area contributed by atoms with Gasteiger partial charge in [0.05, 0.1) is 19.1 Å². The summed E-state index contributed by atoms with van der Waals surface area (Å²) in [5, 5.41) is 29.7. The molecule has 0 radical (unpaired) electrons. The van der Waals surface area contributed by atoms with E-state index in [9.17, 15) is 19.8 Å². The van der Waals surface area contributed by atoms with Crippen LogP contribution in [0.3, 0.4) is 0 Å². The minimum Gasteiger partial charge on any atom is -0.872 e. The Hall–Kier alpha value is -4.78. The van der Waals surface area contributed by atoms with Crippen molar-refractivity contribution in [3.63, 3.8) is 0 Å². The number of nitriles is 1. The van der Waals surface area contributed by atoms with Gasteiger partial charge in [-0.1, -0.05) is 22.0 Å². The second-order valence-electron chi connectivity index (χ2n) is 7.45. The predicted octanol–water partition coefficient (Wildman–Crippen LogP) is 5.30. The highest BCUT2D eigenvalue weighted by molar-refractivity contribution is 7.47. The topological polar surface area (TPSA) is 148 Å². The van der Waals surface area contributed by atoms with Gasteiger partial charge in [0.1, 0.15) is 39.7 Å². The number of benzene rings is 3. The van der Waals surface area contributed by atoms with Crippen LogP contribution in [0.15, 0.2) is 91.3 Å². The van der Waals surface area contributed by atoms with E-state index >= 15 is 0 Å². The minimum absolute atomic E-state index is 0.201. The third-order valence-electron chi connectivity index (χ3n) is 4.88. The zero-order valence-electron chi connectivity index (χ0n) is 20.6. The highest BCUT2D eigenvalue weighted by Gasteiger charge is 2.42. The van der Waals surface area contributed by atoms with Crippen LogP contribution in [0.1, 0.15) is 5.56 Å². The Morgan fingerprint density at radius 1 is 0.897 bits per heavy atom. The van der Waals surface area contributed by atoms with Gasteiger partial charge in [0.25, 0.3) is 5.69 Å². The average molecular weight is 570 g/mol. The van der Waals surface area contributed by atoms with Crippen molar-refractivity contribution in [3.05, 3.63) is 112 Å². The van der Waals surface area contributed by atoms with Crippen molar-refractivity contribution >= 4 is 25.0 Å². The average Bonchev–Trinajstić information content (AvgIpc) is 2.94. The van der Waals surface area contributed by atoms with Crippen LogP contribution in [0, 0.1) is 21.4 Å². The molecule has 0 N–H and O–H groups in total. The fourth-order valence-corrected chi connectivity index (χ4v) is 4.76. The van der Waals surface area contributed by atoms with Gasteiger partial charge in [-0.15, -0.1) is 5.75 Å². The van der Waals surface area contributed by atoms with E-state index in [4.69, 9.17) is 35.4 Å². The van der Waals surface area contributed by atoms with Gasteiger partial charge in [-0.05, 0) is 60.7 Å². The van der Waals surface area contributed by atoms with E-state index in [2.05, 4.69) is 0 Å². The Morgan fingerprint density at radius 3 is 1.85 bits per heavy atom. The quantitative estimate of drug-likeness (QED) is 0.156. The summed E-state index contributed by atoms with van der Waals surface area (Å²) in [4.78, 5) is 9.55. The SMILES string of the molecule is COc1ccc(OP(=O)(Oc2ccc(OC)cc2)[n+]2cccc(Cl)c2)cc1.N#Cc1cc([O-])ccc1[N+](=O)[O-]. The van der Waals surface area contributed by atoms with Gasteiger partial charge in [-0.3, -0.25) is 10.1 Å². The number of aromatic nitrogens is 1. The molecule has 4 aromatic rings. The number of nitrogens with zero attached hydrogens (tertiary/aromatic N) is 3. The lowest BCUT2D eigenvalue weighted by atomic mass is 10.2. The summed E-state index contributed by atoms with van der Waals surface area (Å²) in [6.45, 7) is 0. The fourth-order valence-electron chi connectivity index (χ4n) is 3.00. The first-order valence-electron chi connectivity index (χ1n) is 11.0. The molecule has 0 saturated heterocycles.